The number of rotatable bonds is 5. The fourth-order valence-corrected chi connectivity index (χ4v) is 2.90. The van der Waals surface area contributed by atoms with Crippen LogP contribution in [0.5, 0.6) is 0 Å². The van der Waals surface area contributed by atoms with Gasteiger partial charge in [-0.2, -0.15) is 0 Å². The van der Waals surface area contributed by atoms with Gasteiger partial charge in [-0.05, 0) is 64.8 Å². The molecule has 0 saturated carbocycles. The molecule has 1 rings (SSSR count). The van der Waals surface area contributed by atoms with Crippen molar-refractivity contribution in [3.05, 3.63) is 0 Å². The Hall–Kier alpha value is -0.120. The molecule has 1 aliphatic rings. The van der Waals surface area contributed by atoms with Crippen LogP contribution in [-0.4, -0.2) is 55.6 Å². The third-order valence-electron chi connectivity index (χ3n) is 3.98. The third kappa shape index (κ3) is 6.17. The monoisotopic (exact) mass is 255 g/mol. The van der Waals surface area contributed by atoms with Crippen LogP contribution in [0, 0.1) is 5.41 Å². The molecule has 1 fully saturated rings. The van der Waals surface area contributed by atoms with E-state index in [4.69, 9.17) is 5.73 Å². The first kappa shape index (κ1) is 15.9. The van der Waals surface area contributed by atoms with Crippen molar-refractivity contribution in [3.8, 4) is 0 Å². The van der Waals surface area contributed by atoms with Gasteiger partial charge in [0.25, 0.3) is 0 Å². The van der Waals surface area contributed by atoms with Crippen LogP contribution in [0.1, 0.15) is 46.5 Å². The van der Waals surface area contributed by atoms with Gasteiger partial charge in [0.15, 0.2) is 0 Å². The van der Waals surface area contributed by atoms with Crippen molar-refractivity contribution in [3.63, 3.8) is 0 Å². The van der Waals surface area contributed by atoms with Gasteiger partial charge in [-0.25, -0.2) is 0 Å². The van der Waals surface area contributed by atoms with Crippen molar-refractivity contribution < 1.29 is 0 Å². The van der Waals surface area contributed by atoms with Gasteiger partial charge in [0.2, 0.25) is 0 Å². The highest BCUT2D eigenvalue weighted by molar-refractivity contribution is 4.78. The molecule has 0 amide bonds. The second kappa shape index (κ2) is 6.88. The Morgan fingerprint density at radius 3 is 2.22 bits per heavy atom. The van der Waals surface area contributed by atoms with Gasteiger partial charge in [-0.15, -0.1) is 0 Å². The lowest BCUT2D eigenvalue weighted by atomic mass is 9.87. The predicted molar refractivity (Wildman–Crippen MR) is 79.8 cm³/mol. The molecule has 0 bridgehead atoms. The molecule has 0 aliphatic carbocycles. The van der Waals surface area contributed by atoms with Crippen LogP contribution in [0.25, 0.3) is 0 Å². The van der Waals surface area contributed by atoms with E-state index in [1.165, 1.54) is 32.5 Å². The van der Waals surface area contributed by atoms with Gasteiger partial charge < -0.3 is 15.5 Å². The zero-order valence-electron chi connectivity index (χ0n) is 13.1. The van der Waals surface area contributed by atoms with E-state index in [-0.39, 0.29) is 0 Å². The first-order valence-electron chi connectivity index (χ1n) is 7.42. The molecule has 1 saturated heterocycles. The summed E-state index contributed by atoms with van der Waals surface area (Å²) in [7, 11) is 4.39. The highest BCUT2D eigenvalue weighted by atomic mass is 15.2. The Labute approximate surface area is 114 Å². The SMILES string of the molecule is CN(C)C1CCN(CCC(N)CC(C)(C)C)CC1. The molecule has 108 valence electrons. The number of nitrogens with zero attached hydrogens (tertiary/aromatic N) is 2. The molecule has 0 aromatic carbocycles. The number of nitrogens with two attached hydrogens (primary N) is 1. The lowest BCUT2D eigenvalue weighted by molar-refractivity contribution is 0.140. The first-order chi connectivity index (χ1) is 8.28. The Balaban J connectivity index is 2.18. The lowest BCUT2D eigenvalue weighted by Gasteiger charge is -2.35. The van der Waals surface area contributed by atoms with Crippen LogP contribution >= 0.6 is 0 Å². The second-order valence-electron chi connectivity index (χ2n) is 7.35. The summed E-state index contributed by atoms with van der Waals surface area (Å²) in [6.07, 6.45) is 4.88. The summed E-state index contributed by atoms with van der Waals surface area (Å²) in [5.74, 6) is 0. The minimum absolute atomic E-state index is 0.358. The highest BCUT2D eigenvalue weighted by Gasteiger charge is 2.21. The molecule has 3 nitrogen and oxygen atoms in total. The molecule has 1 unspecified atom stereocenters. The minimum atomic E-state index is 0.358. The Kier molecular flexibility index (Phi) is 6.09. The van der Waals surface area contributed by atoms with Crippen molar-refractivity contribution in [2.45, 2.75) is 58.5 Å². The van der Waals surface area contributed by atoms with Crippen LogP contribution in [0.3, 0.4) is 0 Å². The molecule has 0 spiro atoms. The topological polar surface area (TPSA) is 32.5 Å². The van der Waals surface area contributed by atoms with Crippen molar-refractivity contribution in [2.75, 3.05) is 33.7 Å². The van der Waals surface area contributed by atoms with Gasteiger partial charge in [0.05, 0.1) is 0 Å². The fourth-order valence-electron chi connectivity index (χ4n) is 2.90. The normalized spacial score (nSPS) is 21.5. The van der Waals surface area contributed by atoms with E-state index in [9.17, 15) is 0 Å². The average molecular weight is 255 g/mol. The van der Waals surface area contributed by atoms with E-state index >= 15 is 0 Å². The van der Waals surface area contributed by atoms with Crippen LogP contribution < -0.4 is 5.73 Å². The summed E-state index contributed by atoms with van der Waals surface area (Å²) >= 11 is 0. The maximum absolute atomic E-state index is 6.22. The Morgan fingerprint density at radius 2 is 1.78 bits per heavy atom. The molecule has 0 radical (unpaired) electrons. The molecule has 1 heterocycles. The van der Waals surface area contributed by atoms with E-state index in [2.05, 4.69) is 44.7 Å². The van der Waals surface area contributed by atoms with Crippen molar-refractivity contribution in [2.24, 2.45) is 11.1 Å². The van der Waals surface area contributed by atoms with E-state index in [1.54, 1.807) is 0 Å². The van der Waals surface area contributed by atoms with Crippen molar-refractivity contribution >= 4 is 0 Å². The second-order valence-corrected chi connectivity index (χ2v) is 7.35. The quantitative estimate of drug-likeness (QED) is 0.817. The predicted octanol–water partition coefficient (Wildman–Crippen LogP) is 2.17. The molecule has 18 heavy (non-hydrogen) atoms. The van der Waals surface area contributed by atoms with Crippen molar-refractivity contribution in [1.82, 2.24) is 9.80 Å². The molecule has 0 aromatic rings. The van der Waals surface area contributed by atoms with E-state index in [1.807, 2.05) is 0 Å². The van der Waals surface area contributed by atoms with E-state index in [0.29, 0.717) is 11.5 Å². The van der Waals surface area contributed by atoms with Gasteiger partial charge in [-0.1, -0.05) is 20.8 Å². The molecular formula is C15H33N3. The summed E-state index contributed by atoms with van der Waals surface area (Å²) in [6.45, 7) is 10.5. The molecule has 1 aliphatic heterocycles. The van der Waals surface area contributed by atoms with Crippen LogP contribution in [0.2, 0.25) is 0 Å². The van der Waals surface area contributed by atoms with Gasteiger partial charge in [0, 0.05) is 12.1 Å². The Morgan fingerprint density at radius 1 is 1.22 bits per heavy atom. The number of hydrogen-bond donors (Lipinski definition) is 1. The molecule has 2 N–H and O–H groups in total. The summed E-state index contributed by atoms with van der Waals surface area (Å²) in [6, 6.07) is 1.14. The maximum Gasteiger partial charge on any atom is 0.0113 e. The summed E-state index contributed by atoms with van der Waals surface area (Å²) < 4.78 is 0. The molecule has 3 heteroatoms. The zero-order valence-corrected chi connectivity index (χ0v) is 13.1. The third-order valence-corrected chi connectivity index (χ3v) is 3.98. The van der Waals surface area contributed by atoms with Crippen LogP contribution in [0.4, 0.5) is 0 Å². The average Bonchev–Trinajstić information content (AvgIpc) is 2.24. The smallest absolute Gasteiger partial charge is 0.0113 e. The van der Waals surface area contributed by atoms with Gasteiger partial charge in [0.1, 0.15) is 0 Å². The number of hydrogen-bond acceptors (Lipinski definition) is 3. The summed E-state index contributed by atoms with van der Waals surface area (Å²) in [5, 5.41) is 0. The zero-order chi connectivity index (χ0) is 13.8. The number of likely N-dealkylation sites (tertiary alicyclic amines) is 1. The molecule has 1 atom stereocenters. The largest absolute Gasteiger partial charge is 0.328 e. The van der Waals surface area contributed by atoms with E-state index < -0.39 is 0 Å². The maximum atomic E-state index is 6.22. The molecule has 0 aromatic heterocycles. The summed E-state index contributed by atoms with van der Waals surface area (Å²) in [4.78, 5) is 4.95. The van der Waals surface area contributed by atoms with E-state index in [0.717, 1.165) is 18.9 Å². The number of piperidine rings is 1. The van der Waals surface area contributed by atoms with Gasteiger partial charge >= 0.3 is 0 Å². The lowest BCUT2D eigenvalue weighted by Crippen LogP contribution is -2.43. The minimum Gasteiger partial charge on any atom is -0.328 e. The summed E-state index contributed by atoms with van der Waals surface area (Å²) in [5.41, 5.74) is 6.58. The standard InChI is InChI=1S/C15H33N3/c1-15(2,3)12-13(16)6-9-18-10-7-14(8-11-18)17(4)5/h13-14H,6-12,16H2,1-5H3. The first-order valence-corrected chi connectivity index (χ1v) is 7.42. The highest BCUT2D eigenvalue weighted by Crippen LogP contribution is 2.21. The van der Waals surface area contributed by atoms with Gasteiger partial charge in [-0.3, -0.25) is 0 Å². The fraction of sp³-hybridized carbons (Fsp3) is 1.00. The Bertz CT molecular complexity index is 224. The van der Waals surface area contributed by atoms with Crippen molar-refractivity contribution in [1.29, 1.82) is 0 Å². The van der Waals surface area contributed by atoms with Crippen LogP contribution in [0.15, 0.2) is 0 Å². The molecular weight excluding hydrogens is 222 g/mol. The van der Waals surface area contributed by atoms with Crippen LogP contribution in [-0.2, 0) is 0 Å².